The van der Waals surface area contributed by atoms with Gasteiger partial charge in [-0.3, -0.25) is 0 Å². The summed E-state index contributed by atoms with van der Waals surface area (Å²) in [6, 6.07) is 11.0. The first-order valence-corrected chi connectivity index (χ1v) is 10.6. The van der Waals surface area contributed by atoms with Crippen LogP contribution < -0.4 is 0 Å². The smallest absolute Gasteiger partial charge is 0.105 e. The Morgan fingerprint density at radius 3 is 1.42 bits per heavy atom. The summed E-state index contributed by atoms with van der Waals surface area (Å²) in [5.41, 5.74) is 1.43. The highest BCUT2D eigenvalue weighted by Crippen LogP contribution is 2.17. The van der Waals surface area contributed by atoms with Crippen molar-refractivity contribution in [3.8, 4) is 0 Å². The zero-order chi connectivity index (χ0) is 18.9. The Labute approximate surface area is 162 Å². The summed E-state index contributed by atoms with van der Waals surface area (Å²) in [7, 11) is 0. The quantitative estimate of drug-likeness (QED) is 0.247. The van der Waals surface area contributed by atoms with Crippen molar-refractivity contribution in [2.24, 2.45) is 0 Å². The van der Waals surface area contributed by atoms with Crippen LogP contribution in [0, 0.1) is 0 Å². The van der Waals surface area contributed by atoms with Crippen LogP contribution in [0.4, 0.5) is 0 Å². The zero-order valence-corrected chi connectivity index (χ0v) is 17.4. The fraction of sp³-hybridized carbons (Fsp3) is 0.520. The first-order chi connectivity index (χ1) is 12.8. The maximum atomic E-state index is 2.41. The van der Waals surface area contributed by atoms with Crippen molar-refractivity contribution in [2.45, 2.75) is 65.8 Å². The number of quaternary nitrogens is 1. The molecule has 1 rings (SSSR count). The van der Waals surface area contributed by atoms with Crippen molar-refractivity contribution in [1.82, 2.24) is 0 Å². The molecule has 0 bridgehead atoms. The molecule has 0 fully saturated rings. The SMILES string of the molecule is CCC/C=C\C[N+](C/C=C\CCC)(C/C=C/CCC)Cc1ccccc1. The van der Waals surface area contributed by atoms with E-state index in [1.165, 1.54) is 44.1 Å². The summed E-state index contributed by atoms with van der Waals surface area (Å²) in [4.78, 5) is 0. The zero-order valence-electron chi connectivity index (χ0n) is 17.4. The van der Waals surface area contributed by atoms with E-state index in [4.69, 9.17) is 0 Å². The number of hydrogen-bond acceptors (Lipinski definition) is 0. The van der Waals surface area contributed by atoms with E-state index in [-0.39, 0.29) is 0 Å². The molecule has 0 aliphatic heterocycles. The Kier molecular flexibility index (Phi) is 12.6. The van der Waals surface area contributed by atoms with Crippen LogP contribution in [-0.4, -0.2) is 24.1 Å². The maximum absolute atomic E-state index is 2.41. The van der Waals surface area contributed by atoms with Gasteiger partial charge in [-0.2, -0.15) is 0 Å². The normalized spacial score (nSPS) is 12.7. The minimum Gasteiger partial charge on any atom is -0.310 e. The first kappa shape index (κ1) is 22.4. The Morgan fingerprint density at radius 1 is 0.615 bits per heavy atom. The molecule has 0 unspecified atom stereocenters. The van der Waals surface area contributed by atoms with Gasteiger partial charge in [-0.15, -0.1) is 0 Å². The van der Waals surface area contributed by atoms with Gasteiger partial charge in [0.2, 0.25) is 0 Å². The summed E-state index contributed by atoms with van der Waals surface area (Å²) in [6.45, 7) is 11.1. The summed E-state index contributed by atoms with van der Waals surface area (Å²) >= 11 is 0. The average molecular weight is 355 g/mol. The molecule has 0 atom stereocenters. The lowest BCUT2D eigenvalue weighted by molar-refractivity contribution is -0.925. The van der Waals surface area contributed by atoms with Gasteiger partial charge in [0.05, 0.1) is 19.6 Å². The molecule has 0 heterocycles. The monoisotopic (exact) mass is 354 g/mol. The summed E-state index contributed by atoms with van der Waals surface area (Å²) in [6.07, 6.45) is 21.5. The Balaban J connectivity index is 2.98. The molecule has 1 aromatic carbocycles. The molecule has 0 spiro atoms. The molecule has 1 heteroatoms. The molecule has 1 aromatic rings. The number of benzene rings is 1. The highest BCUT2D eigenvalue weighted by atomic mass is 15.3. The molecule has 1 nitrogen and oxygen atoms in total. The third-order valence-corrected chi connectivity index (χ3v) is 4.70. The van der Waals surface area contributed by atoms with Gasteiger partial charge in [-0.25, -0.2) is 0 Å². The van der Waals surface area contributed by atoms with Gasteiger partial charge in [0.15, 0.2) is 0 Å². The van der Waals surface area contributed by atoms with Crippen molar-refractivity contribution in [3.63, 3.8) is 0 Å². The van der Waals surface area contributed by atoms with E-state index in [2.05, 4.69) is 87.6 Å². The Bertz CT molecular complexity index is 479. The van der Waals surface area contributed by atoms with E-state index in [0.717, 1.165) is 30.7 Å². The van der Waals surface area contributed by atoms with Crippen LogP contribution in [0.3, 0.4) is 0 Å². The predicted molar refractivity (Wildman–Crippen MR) is 117 cm³/mol. The average Bonchev–Trinajstić information content (AvgIpc) is 2.67. The number of rotatable bonds is 14. The maximum Gasteiger partial charge on any atom is 0.105 e. The highest BCUT2D eigenvalue weighted by Gasteiger charge is 2.24. The van der Waals surface area contributed by atoms with Gasteiger partial charge in [-0.05, 0) is 37.5 Å². The van der Waals surface area contributed by atoms with Crippen molar-refractivity contribution in [3.05, 3.63) is 72.4 Å². The molecule has 26 heavy (non-hydrogen) atoms. The minimum absolute atomic E-state index is 1.07. The molecule has 0 aliphatic carbocycles. The molecular weight excluding hydrogens is 314 g/mol. The molecule has 0 saturated heterocycles. The number of hydrogen-bond donors (Lipinski definition) is 0. The van der Waals surface area contributed by atoms with Crippen LogP contribution in [0.2, 0.25) is 0 Å². The lowest BCUT2D eigenvalue weighted by Crippen LogP contribution is -2.47. The second-order valence-corrected chi connectivity index (χ2v) is 7.31. The van der Waals surface area contributed by atoms with Crippen molar-refractivity contribution in [1.29, 1.82) is 0 Å². The van der Waals surface area contributed by atoms with E-state index >= 15 is 0 Å². The van der Waals surface area contributed by atoms with E-state index in [0.29, 0.717) is 0 Å². The molecule has 0 radical (unpaired) electrons. The van der Waals surface area contributed by atoms with Crippen LogP contribution in [0.1, 0.15) is 64.9 Å². The third-order valence-electron chi connectivity index (χ3n) is 4.70. The fourth-order valence-corrected chi connectivity index (χ4v) is 3.14. The highest BCUT2D eigenvalue weighted by molar-refractivity contribution is 5.13. The van der Waals surface area contributed by atoms with Crippen LogP contribution in [0.15, 0.2) is 66.8 Å². The second-order valence-electron chi connectivity index (χ2n) is 7.31. The van der Waals surface area contributed by atoms with Crippen molar-refractivity contribution >= 4 is 0 Å². The first-order valence-electron chi connectivity index (χ1n) is 10.6. The molecular formula is C25H40N+. The number of allylic oxidation sites excluding steroid dienone is 3. The van der Waals surface area contributed by atoms with Gasteiger partial charge in [-0.1, -0.05) is 88.6 Å². The Morgan fingerprint density at radius 2 is 1.04 bits per heavy atom. The van der Waals surface area contributed by atoms with Crippen LogP contribution in [0.25, 0.3) is 0 Å². The second kappa shape index (κ2) is 14.6. The van der Waals surface area contributed by atoms with Gasteiger partial charge < -0.3 is 4.48 Å². The number of nitrogens with zero attached hydrogens (tertiary/aromatic N) is 1. The lowest BCUT2D eigenvalue weighted by Gasteiger charge is -2.36. The fourth-order valence-electron chi connectivity index (χ4n) is 3.14. The summed E-state index contributed by atoms with van der Waals surface area (Å²) in [5, 5.41) is 0. The van der Waals surface area contributed by atoms with E-state index in [9.17, 15) is 0 Å². The standard InChI is InChI=1S/C25H40N/c1-4-7-10-16-21-26(22-17-11-8-5-2,23-18-12-9-6-3)24-25-19-14-13-15-20-25/h10-20H,4-9,21-24H2,1-3H3/q+1/b16-10-,17-11-,18-12+. The molecule has 0 amide bonds. The molecule has 0 N–H and O–H groups in total. The van der Waals surface area contributed by atoms with Crippen molar-refractivity contribution < 1.29 is 4.48 Å². The predicted octanol–water partition coefficient (Wildman–Crippen LogP) is 7.07. The van der Waals surface area contributed by atoms with Crippen LogP contribution >= 0.6 is 0 Å². The minimum atomic E-state index is 1.07. The van der Waals surface area contributed by atoms with Gasteiger partial charge in [0, 0.05) is 5.56 Å². The largest absolute Gasteiger partial charge is 0.310 e. The van der Waals surface area contributed by atoms with Crippen molar-refractivity contribution in [2.75, 3.05) is 19.6 Å². The molecule has 0 aliphatic rings. The van der Waals surface area contributed by atoms with Gasteiger partial charge in [0.1, 0.15) is 6.54 Å². The molecule has 144 valence electrons. The number of unbranched alkanes of at least 4 members (excludes halogenated alkanes) is 3. The summed E-state index contributed by atoms with van der Waals surface area (Å²) < 4.78 is 1.07. The Hall–Kier alpha value is -1.60. The summed E-state index contributed by atoms with van der Waals surface area (Å²) in [5.74, 6) is 0. The molecule has 0 aromatic heterocycles. The van der Waals surface area contributed by atoms with Crippen LogP contribution in [0.5, 0.6) is 0 Å². The molecule has 0 saturated carbocycles. The van der Waals surface area contributed by atoms with E-state index in [1.54, 1.807) is 0 Å². The van der Waals surface area contributed by atoms with Crippen LogP contribution in [-0.2, 0) is 6.54 Å². The van der Waals surface area contributed by atoms with E-state index < -0.39 is 0 Å². The topological polar surface area (TPSA) is 0 Å². The van der Waals surface area contributed by atoms with Gasteiger partial charge in [0.25, 0.3) is 0 Å². The van der Waals surface area contributed by atoms with E-state index in [1.807, 2.05) is 0 Å². The third kappa shape index (κ3) is 9.77. The lowest BCUT2D eigenvalue weighted by atomic mass is 10.1. The van der Waals surface area contributed by atoms with Gasteiger partial charge >= 0.3 is 0 Å².